The number of thioether (sulfide) groups is 1. The lowest BCUT2D eigenvalue weighted by Crippen LogP contribution is -2.34. The van der Waals surface area contributed by atoms with Crippen LogP contribution in [0.5, 0.6) is 0 Å². The van der Waals surface area contributed by atoms with Crippen molar-refractivity contribution < 1.29 is 14.7 Å². The number of carboxylic acids is 1. The predicted molar refractivity (Wildman–Crippen MR) is 71.2 cm³/mol. The highest BCUT2D eigenvalue weighted by Crippen LogP contribution is 2.20. The Morgan fingerprint density at radius 2 is 1.88 bits per heavy atom. The van der Waals surface area contributed by atoms with Crippen LogP contribution >= 0.6 is 11.8 Å². The molecule has 0 aliphatic carbocycles. The number of amides is 1. The van der Waals surface area contributed by atoms with Gasteiger partial charge in [0.1, 0.15) is 5.25 Å². The van der Waals surface area contributed by atoms with Crippen molar-refractivity contribution >= 4 is 23.6 Å². The second kappa shape index (κ2) is 8.39. The molecule has 2 atom stereocenters. The van der Waals surface area contributed by atoms with Crippen molar-refractivity contribution in [3.05, 3.63) is 0 Å². The summed E-state index contributed by atoms with van der Waals surface area (Å²) in [5.74, 6) is -0.365. The lowest BCUT2D eigenvalue weighted by molar-refractivity contribution is -0.136. The molecule has 2 unspecified atom stereocenters. The summed E-state index contributed by atoms with van der Waals surface area (Å²) in [5.41, 5.74) is 0. The maximum atomic E-state index is 11.7. The molecule has 0 saturated heterocycles. The van der Waals surface area contributed by atoms with Crippen LogP contribution in [0.2, 0.25) is 0 Å². The molecule has 2 N–H and O–H groups in total. The first-order valence-electron chi connectivity index (χ1n) is 6.04. The summed E-state index contributed by atoms with van der Waals surface area (Å²) in [7, 11) is 0. The van der Waals surface area contributed by atoms with E-state index in [4.69, 9.17) is 5.11 Å². The van der Waals surface area contributed by atoms with Gasteiger partial charge in [0.15, 0.2) is 0 Å². The maximum Gasteiger partial charge on any atom is 0.316 e. The number of aliphatic carboxylic acids is 1. The van der Waals surface area contributed by atoms with Crippen LogP contribution in [0, 0.1) is 5.92 Å². The highest BCUT2D eigenvalue weighted by atomic mass is 32.2. The van der Waals surface area contributed by atoms with Crippen molar-refractivity contribution in [3.63, 3.8) is 0 Å². The predicted octanol–water partition coefficient (Wildman–Crippen LogP) is 2.13. The Balaban J connectivity index is 4.00. The second-order valence-corrected chi connectivity index (χ2v) is 6.04. The van der Waals surface area contributed by atoms with Gasteiger partial charge in [-0.1, -0.05) is 20.8 Å². The monoisotopic (exact) mass is 261 g/mol. The highest BCUT2D eigenvalue weighted by Gasteiger charge is 2.22. The van der Waals surface area contributed by atoms with Crippen LogP contribution in [0.3, 0.4) is 0 Å². The van der Waals surface area contributed by atoms with Crippen LogP contribution in [-0.2, 0) is 9.59 Å². The SMILES string of the molecule is CCC(SC(C)C(=O)NCCC(C)C)C(=O)O. The molecule has 4 nitrogen and oxygen atoms in total. The molecular formula is C12H23NO3S. The lowest BCUT2D eigenvalue weighted by Gasteiger charge is -2.16. The van der Waals surface area contributed by atoms with Crippen molar-refractivity contribution in [2.75, 3.05) is 6.54 Å². The number of nitrogens with one attached hydrogen (secondary N) is 1. The summed E-state index contributed by atoms with van der Waals surface area (Å²) >= 11 is 1.21. The van der Waals surface area contributed by atoms with Gasteiger partial charge in [0.2, 0.25) is 5.91 Å². The maximum absolute atomic E-state index is 11.7. The van der Waals surface area contributed by atoms with E-state index in [0.717, 1.165) is 6.42 Å². The third kappa shape index (κ3) is 7.26. The third-order valence-electron chi connectivity index (χ3n) is 2.40. The summed E-state index contributed by atoms with van der Waals surface area (Å²) in [5, 5.41) is 10.9. The Labute approximate surface area is 108 Å². The molecule has 0 aliphatic rings. The van der Waals surface area contributed by atoms with E-state index >= 15 is 0 Å². The van der Waals surface area contributed by atoms with E-state index < -0.39 is 11.2 Å². The van der Waals surface area contributed by atoms with Crippen molar-refractivity contribution in [1.82, 2.24) is 5.32 Å². The molecule has 0 fully saturated rings. The molecule has 0 aliphatic heterocycles. The van der Waals surface area contributed by atoms with Crippen molar-refractivity contribution in [2.45, 2.75) is 51.0 Å². The van der Waals surface area contributed by atoms with Gasteiger partial charge in [-0.15, -0.1) is 11.8 Å². The minimum Gasteiger partial charge on any atom is -0.480 e. The van der Waals surface area contributed by atoms with E-state index in [-0.39, 0.29) is 11.2 Å². The molecule has 0 aromatic carbocycles. The van der Waals surface area contributed by atoms with E-state index in [1.165, 1.54) is 11.8 Å². The van der Waals surface area contributed by atoms with Crippen molar-refractivity contribution in [2.24, 2.45) is 5.92 Å². The number of carbonyl (C=O) groups excluding carboxylic acids is 1. The highest BCUT2D eigenvalue weighted by molar-refractivity contribution is 8.01. The fourth-order valence-corrected chi connectivity index (χ4v) is 2.27. The Hall–Kier alpha value is -0.710. The Morgan fingerprint density at radius 1 is 1.29 bits per heavy atom. The van der Waals surface area contributed by atoms with Gasteiger partial charge in [-0.3, -0.25) is 9.59 Å². The first-order chi connectivity index (χ1) is 7.88. The number of carbonyl (C=O) groups is 2. The van der Waals surface area contributed by atoms with Crippen LogP contribution in [0.15, 0.2) is 0 Å². The summed E-state index contributed by atoms with van der Waals surface area (Å²) in [6.07, 6.45) is 1.48. The van der Waals surface area contributed by atoms with Crippen LogP contribution < -0.4 is 5.32 Å². The summed E-state index contributed by atoms with van der Waals surface area (Å²) in [4.78, 5) is 22.5. The van der Waals surface area contributed by atoms with E-state index in [1.54, 1.807) is 6.92 Å². The average Bonchev–Trinajstić information content (AvgIpc) is 2.24. The number of carboxylic acid groups (broad SMARTS) is 1. The van der Waals surface area contributed by atoms with Crippen LogP contribution in [-0.4, -0.2) is 34.0 Å². The number of hydrogen-bond acceptors (Lipinski definition) is 3. The van der Waals surface area contributed by atoms with Crippen LogP contribution in [0.1, 0.15) is 40.5 Å². The van der Waals surface area contributed by atoms with Gasteiger partial charge in [0.25, 0.3) is 0 Å². The van der Waals surface area contributed by atoms with Crippen molar-refractivity contribution in [3.8, 4) is 0 Å². The second-order valence-electron chi connectivity index (χ2n) is 4.49. The minimum absolute atomic E-state index is 0.0737. The standard InChI is InChI=1S/C12H23NO3S/c1-5-10(12(15)16)17-9(4)11(14)13-7-6-8(2)3/h8-10H,5-7H2,1-4H3,(H,13,14)(H,15,16). The summed E-state index contributed by atoms with van der Waals surface area (Å²) < 4.78 is 0. The summed E-state index contributed by atoms with van der Waals surface area (Å²) in [6.45, 7) is 8.42. The quantitative estimate of drug-likeness (QED) is 0.702. The van der Waals surface area contributed by atoms with Gasteiger partial charge in [-0.25, -0.2) is 0 Å². The van der Waals surface area contributed by atoms with E-state index in [2.05, 4.69) is 19.2 Å². The molecule has 0 aromatic heterocycles. The molecule has 0 heterocycles. The molecule has 100 valence electrons. The molecule has 1 amide bonds. The van der Waals surface area contributed by atoms with E-state index in [1.807, 2.05) is 6.92 Å². The summed E-state index contributed by atoms with van der Waals surface area (Å²) in [6, 6.07) is 0. The largest absolute Gasteiger partial charge is 0.480 e. The fourth-order valence-electron chi connectivity index (χ4n) is 1.27. The van der Waals surface area contributed by atoms with Crippen LogP contribution in [0.25, 0.3) is 0 Å². The molecule has 0 bridgehead atoms. The first-order valence-corrected chi connectivity index (χ1v) is 6.98. The Kier molecular flexibility index (Phi) is 8.04. The van der Waals surface area contributed by atoms with E-state index in [9.17, 15) is 9.59 Å². The van der Waals surface area contributed by atoms with Crippen molar-refractivity contribution in [1.29, 1.82) is 0 Å². The molecule has 17 heavy (non-hydrogen) atoms. The Morgan fingerprint density at radius 3 is 2.29 bits per heavy atom. The smallest absolute Gasteiger partial charge is 0.316 e. The van der Waals surface area contributed by atoms with Gasteiger partial charge >= 0.3 is 5.97 Å². The minimum atomic E-state index is -0.848. The molecule has 0 rings (SSSR count). The topological polar surface area (TPSA) is 66.4 Å². The van der Waals surface area contributed by atoms with Gasteiger partial charge in [-0.05, 0) is 25.7 Å². The first kappa shape index (κ1) is 16.3. The van der Waals surface area contributed by atoms with Gasteiger partial charge in [0, 0.05) is 6.54 Å². The number of rotatable bonds is 8. The van der Waals surface area contributed by atoms with E-state index in [0.29, 0.717) is 18.9 Å². The van der Waals surface area contributed by atoms with Gasteiger partial charge in [-0.2, -0.15) is 0 Å². The molecule has 0 aromatic rings. The third-order valence-corrected chi connectivity index (χ3v) is 3.89. The van der Waals surface area contributed by atoms with Gasteiger partial charge in [0.05, 0.1) is 5.25 Å². The fraction of sp³-hybridized carbons (Fsp3) is 0.833. The Bertz CT molecular complexity index is 256. The molecular weight excluding hydrogens is 238 g/mol. The number of hydrogen-bond donors (Lipinski definition) is 2. The normalized spacial score (nSPS) is 14.4. The van der Waals surface area contributed by atoms with Crippen LogP contribution in [0.4, 0.5) is 0 Å². The molecule has 0 radical (unpaired) electrons. The molecule has 0 spiro atoms. The zero-order valence-electron chi connectivity index (χ0n) is 11.0. The van der Waals surface area contributed by atoms with Gasteiger partial charge < -0.3 is 10.4 Å². The molecule has 5 heteroatoms. The zero-order chi connectivity index (χ0) is 13.4. The average molecular weight is 261 g/mol. The zero-order valence-corrected chi connectivity index (χ0v) is 11.8. The molecule has 0 saturated carbocycles. The lowest BCUT2D eigenvalue weighted by atomic mass is 10.1.